The second-order valence-corrected chi connectivity index (χ2v) is 6.63. The predicted molar refractivity (Wildman–Crippen MR) is 99.1 cm³/mol. The van der Waals surface area contributed by atoms with Gasteiger partial charge < -0.3 is 14.6 Å². The lowest BCUT2D eigenvalue weighted by atomic mass is 10.0. The van der Waals surface area contributed by atoms with Crippen LogP contribution in [-0.2, 0) is 4.74 Å². The van der Waals surface area contributed by atoms with Crippen LogP contribution in [-0.4, -0.2) is 52.9 Å². The molecule has 3 heterocycles. The number of aryl methyl sites for hydroxylation is 2. The summed E-state index contributed by atoms with van der Waals surface area (Å²) in [5, 5.41) is 8.33. The molecule has 136 valence electrons. The summed E-state index contributed by atoms with van der Waals surface area (Å²) in [5.74, 6) is 0.763. The first-order valence-corrected chi connectivity index (χ1v) is 8.91. The molecular formula is C19H23N5O2. The average Bonchev–Trinajstić information content (AvgIpc) is 3.06. The standard InChI is InChI=1S/C19H23N5O2/c1-13-3-5-15(6-4-13)16(24-7-9-25-10-8-24)11-20-18-17-14(2)23-26-19(17)22-12-21-18/h3-6,12,16H,7-11H2,1-2H3,(H,20,21,22)/t16-/m1/s1. The molecule has 2 aromatic heterocycles. The van der Waals surface area contributed by atoms with Crippen molar-refractivity contribution in [1.29, 1.82) is 0 Å². The normalized spacial score (nSPS) is 16.7. The minimum absolute atomic E-state index is 0.240. The Morgan fingerprint density at radius 3 is 2.65 bits per heavy atom. The van der Waals surface area contributed by atoms with Crippen molar-refractivity contribution in [2.45, 2.75) is 19.9 Å². The summed E-state index contributed by atoms with van der Waals surface area (Å²) in [7, 11) is 0. The van der Waals surface area contributed by atoms with Crippen LogP contribution in [0.15, 0.2) is 35.1 Å². The van der Waals surface area contributed by atoms with Gasteiger partial charge in [0, 0.05) is 19.6 Å². The zero-order valence-corrected chi connectivity index (χ0v) is 15.1. The fourth-order valence-corrected chi connectivity index (χ4v) is 3.38. The van der Waals surface area contributed by atoms with Gasteiger partial charge in [0.25, 0.3) is 5.71 Å². The summed E-state index contributed by atoms with van der Waals surface area (Å²) >= 11 is 0. The van der Waals surface area contributed by atoms with Crippen molar-refractivity contribution in [1.82, 2.24) is 20.0 Å². The van der Waals surface area contributed by atoms with Gasteiger partial charge in [-0.15, -0.1) is 0 Å². The van der Waals surface area contributed by atoms with Crippen LogP contribution in [0.5, 0.6) is 0 Å². The third-order valence-electron chi connectivity index (χ3n) is 4.85. The van der Waals surface area contributed by atoms with Crippen molar-refractivity contribution in [2.24, 2.45) is 0 Å². The van der Waals surface area contributed by atoms with Crippen LogP contribution in [0.3, 0.4) is 0 Å². The van der Waals surface area contributed by atoms with Crippen LogP contribution in [0, 0.1) is 13.8 Å². The molecule has 7 nitrogen and oxygen atoms in total. The molecule has 0 aliphatic carbocycles. The lowest BCUT2D eigenvalue weighted by Gasteiger charge is -2.35. The van der Waals surface area contributed by atoms with Gasteiger partial charge in [-0.3, -0.25) is 4.90 Å². The highest BCUT2D eigenvalue weighted by atomic mass is 16.5. The van der Waals surface area contributed by atoms with Gasteiger partial charge in [0.2, 0.25) is 0 Å². The van der Waals surface area contributed by atoms with Gasteiger partial charge in [-0.25, -0.2) is 4.98 Å². The lowest BCUT2D eigenvalue weighted by molar-refractivity contribution is 0.0187. The maximum Gasteiger partial charge on any atom is 0.263 e. The van der Waals surface area contributed by atoms with Gasteiger partial charge in [0.1, 0.15) is 17.5 Å². The van der Waals surface area contributed by atoms with Crippen molar-refractivity contribution >= 4 is 16.9 Å². The molecule has 3 aromatic rings. The molecule has 7 heteroatoms. The Morgan fingerprint density at radius 1 is 1.12 bits per heavy atom. The van der Waals surface area contributed by atoms with E-state index in [9.17, 15) is 0 Å². The SMILES string of the molecule is Cc1ccc([C@@H](CNc2ncnc3onc(C)c23)N2CCOCC2)cc1. The maximum atomic E-state index is 5.53. The summed E-state index contributed by atoms with van der Waals surface area (Å²) in [5.41, 5.74) is 3.86. The van der Waals surface area contributed by atoms with E-state index in [0.717, 1.165) is 49.7 Å². The minimum Gasteiger partial charge on any atom is -0.379 e. The van der Waals surface area contributed by atoms with Gasteiger partial charge in [-0.05, 0) is 19.4 Å². The average molecular weight is 353 g/mol. The number of nitrogens with one attached hydrogen (secondary N) is 1. The Labute approximate surface area is 152 Å². The monoisotopic (exact) mass is 353 g/mol. The largest absolute Gasteiger partial charge is 0.379 e. The molecule has 1 atom stereocenters. The van der Waals surface area contributed by atoms with Gasteiger partial charge in [0.15, 0.2) is 0 Å². The second-order valence-electron chi connectivity index (χ2n) is 6.63. The summed E-state index contributed by atoms with van der Waals surface area (Å²) in [6, 6.07) is 8.98. The quantitative estimate of drug-likeness (QED) is 0.756. The summed E-state index contributed by atoms with van der Waals surface area (Å²) in [6.07, 6.45) is 1.50. The summed E-state index contributed by atoms with van der Waals surface area (Å²) in [6.45, 7) is 8.13. The van der Waals surface area contributed by atoms with E-state index in [1.54, 1.807) is 0 Å². The topological polar surface area (TPSA) is 76.3 Å². The number of rotatable bonds is 5. The zero-order chi connectivity index (χ0) is 17.9. The Balaban J connectivity index is 1.59. The van der Waals surface area contributed by atoms with E-state index in [0.29, 0.717) is 5.71 Å². The number of morpholine rings is 1. The van der Waals surface area contributed by atoms with Crippen molar-refractivity contribution in [2.75, 3.05) is 38.2 Å². The van der Waals surface area contributed by atoms with Gasteiger partial charge >= 0.3 is 0 Å². The molecule has 0 spiro atoms. The molecule has 1 N–H and O–H groups in total. The molecule has 0 saturated carbocycles. The first-order chi connectivity index (χ1) is 12.7. The molecule has 4 rings (SSSR count). The predicted octanol–water partition coefficient (Wildman–Crippen LogP) is 2.72. The number of hydrogen-bond donors (Lipinski definition) is 1. The first-order valence-electron chi connectivity index (χ1n) is 8.91. The van der Waals surface area contributed by atoms with Gasteiger partial charge in [-0.2, -0.15) is 4.98 Å². The van der Waals surface area contributed by atoms with Gasteiger partial charge in [0.05, 0.1) is 24.9 Å². The lowest BCUT2D eigenvalue weighted by Crippen LogP contribution is -2.41. The zero-order valence-electron chi connectivity index (χ0n) is 15.1. The number of fused-ring (bicyclic) bond motifs is 1. The van der Waals surface area contributed by atoms with Crippen molar-refractivity contribution < 1.29 is 9.26 Å². The highest BCUT2D eigenvalue weighted by Gasteiger charge is 2.23. The smallest absolute Gasteiger partial charge is 0.263 e. The fourth-order valence-electron chi connectivity index (χ4n) is 3.38. The van der Waals surface area contributed by atoms with Crippen LogP contribution in [0.1, 0.15) is 22.9 Å². The molecule has 1 aliphatic heterocycles. The third-order valence-corrected chi connectivity index (χ3v) is 4.85. The Kier molecular flexibility index (Phi) is 4.81. The van der Waals surface area contributed by atoms with Crippen LogP contribution in [0.2, 0.25) is 0 Å². The maximum absolute atomic E-state index is 5.53. The Hall–Kier alpha value is -2.51. The summed E-state index contributed by atoms with van der Waals surface area (Å²) < 4.78 is 10.8. The van der Waals surface area contributed by atoms with E-state index >= 15 is 0 Å². The van der Waals surface area contributed by atoms with Gasteiger partial charge in [-0.1, -0.05) is 35.0 Å². The molecule has 0 radical (unpaired) electrons. The van der Waals surface area contributed by atoms with Crippen LogP contribution < -0.4 is 5.32 Å². The number of nitrogens with zero attached hydrogens (tertiary/aromatic N) is 4. The number of aromatic nitrogens is 3. The molecule has 0 unspecified atom stereocenters. The van der Waals surface area contributed by atoms with E-state index in [1.807, 2.05) is 6.92 Å². The summed E-state index contributed by atoms with van der Waals surface area (Å²) in [4.78, 5) is 11.0. The molecule has 1 aliphatic rings. The number of benzene rings is 1. The molecule has 0 bridgehead atoms. The van der Waals surface area contributed by atoms with Crippen molar-refractivity contribution in [3.63, 3.8) is 0 Å². The fraction of sp³-hybridized carbons (Fsp3) is 0.421. The number of hydrogen-bond acceptors (Lipinski definition) is 7. The minimum atomic E-state index is 0.240. The van der Waals surface area contributed by atoms with E-state index in [2.05, 4.69) is 56.5 Å². The molecular weight excluding hydrogens is 330 g/mol. The van der Waals surface area contributed by atoms with E-state index in [4.69, 9.17) is 9.26 Å². The highest BCUT2D eigenvalue weighted by molar-refractivity contribution is 5.87. The second kappa shape index (κ2) is 7.39. The first kappa shape index (κ1) is 16.9. The molecule has 26 heavy (non-hydrogen) atoms. The molecule has 1 aromatic carbocycles. The number of ether oxygens (including phenoxy) is 1. The molecule has 1 fully saturated rings. The Bertz CT molecular complexity index is 871. The van der Waals surface area contributed by atoms with Crippen molar-refractivity contribution in [3.05, 3.63) is 47.4 Å². The Morgan fingerprint density at radius 2 is 1.88 bits per heavy atom. The van der Waals surface area contributed by atoms with E-state index in [1.165, 1.54) is 17.5 Å². The van der Waals surface area contributed by atoms with Crippen LogP contribution in [0.25, 0.3) is 11.1 Å². The van der Waals surface area contributed by atoms with E-state index < -0.39 is 0 Å². The number of anilines is 1. The van der Waals surface area contributed by atoms with Crippen molar-refractivity contribution in [3.8, 4) is 0 Å². The third kappa shape index (κ3) is 3.40. The highest BCUT2D eigenvalue weighted by Crippen LogP contribution is 2.26. The molecule has 1 saturated heterocycles. The van der Waals surface area contributed by atoms with E-state index in [-0.39, 0.29) is 6.04 Å². The molecule has 0 amide bonds. The van der Waals surface area contributed by atoms with Crippen LogP contribution in [0.4, 0.5) is 5.82 Å². The van der Waals surface area contributed by atoms with Crippen LogP contribution >= 0.6 is 0 Å².